The monoisotopic (exact) mass is 329 g/mol. The fraction of sp³-hybridized carbons (Fsp3) is 0.368. The number of amides is 1. The minimum Gasteiger partial charge on any atom is -0.355 e. The van der Waals surface area contributed by atoms with Gasteiger partial charge in [-0.05, 0) is 62.7 Å². The van der Waals surface area contributed by atoms with Crippen LogP contribution in [0.2, 0.25) is 0 Å². The molecular weight excluding hydrogens is 305 g/mol. The number of nitrogens with zero attached hydrogens (tertiary/aromatic N) is 2. The van der Waals surface area contributed by atoms with Crippen LogP contribution in [0.4, 0.5) is 4.39 Å². The Balaban J connectivity index is 1.74. The number of aryl methyl sites for hydroxylation is 2. The Bertz CT molecular complexity index is 665. The summed E-state index contributed by atoms with van der Waals surface area (Å²) in [7, 11) is 1.90. The fourth-order valence-electron chi connectivity index (χ4n) is 2.64. The highest BCUT2D eigenvalue weighted by Gasteiger charge is 2.08. The van der Waals surface area contributed by atoms with E-state index in [1.54, 1.807) is 12.1 Å². The van der Waals surface area contributed by atoms with Gasteiger partial charge in [-0.15, -0.1) is 0 Å². The summed E-state index contributed by atoms with van der Waals surface area (Å²) in [5, 5.41) is 2.89. The second-order valence-electron chi connectivity index (χ2n) is 6.18. The summed E-state index contributed by atoms with van der Waals surface area (Å²) < 4.78 is 12.8. The Kier molecular flexibility index (Phi) is 6.44. The number of hydrogen-bond donors (Lipinski definition) is 1. The molecule has 5 heteroatoms. The van der Waals surface area contributed by atoms with Gasteiger partial charge in [-0.1, -0.05) is 12.1 Å². The standard InChI is InChI=1S/C19H24FN3O/c1-14-10-15(2)22-18(11-14)12-23(3)13-19(24)21-9-8-16-4-6-17(20)7-5-16/h4-7,10-11H,8-9,12-13H2,1-3H3,(H,21,24). The molecule has 4 nitrogen and oxygen atoms in total. The maximum Gasteiger partial charge on any atom is 0.234 e. The lowest BCUT2D eigenvalue weighted by Gasteiger charge is -2.16. The molecule has 0 aliphatic carbocycles. The molecule has 1 N–H and O–H groups in total. The zero-order valence-electron chi connectivity index (χ0n) is 14.5. The van der Waals surface area contributed by atoms with Gasteiger partial charge in [-0.3, -0.25) is 14.7 Å². The average Bonchev–Trinajstić information content (AvgIpc) is 2.48. The molecule has 2 rings (SSSR count). The first-order valence-corrected chi connectivity index (χ1v) is 8.06. The first kappa shape index (κ1) is 18.1. The number of carbonyl (C=O) groups excluding carboxylic acids is 1. The minimum absolute atomic E-state index is 0.0241. The van der Waals surface area contributed by atoms with Crippen molar-refractivity contribution in [2.75, 3.05) is 20.1 Å². The number of halogens is 1. The number of rotatable bonds is 7. The number of nitrogens with one attached hydrogen (secondary N) is 1. The van der Waals surface area contributed by atoms with Crippen LogP contribution in [0.3, 0.4) is 0 Å². The van der Waals surface area contributed by atoms with E-state index in [0.29, 0.717) is 26.1 Å². The lowest BCUT2D eigenvalue weighted by molar-refractivity contribution is -0.122. The number of pyridine rings is 1. The van der Waals surface area contributed by atoms with Crippen LogP contribution in [-0.2, 0) is 17.8 Å². The predicted octanol–water partition coefficient (Wildman–Crippen LogP) is 2.63. The molecule has 1 aromatic carbocycles. The molecule has 0 bridgehead atoms. The number of likely N-dealkylation sites (N-methyl/N-ethyl adjacent to an activating group) is 1. The maximum absolute atomic E-state index is 12.8. The van der Waals surface area contributed by atoms with E-state index in [2.05, 4.69) is 10.3 Å². The van der Waals surface area contributed by atoms with Crippen molar-refractivity contribution in [3.63, 3.8) is 0 Å². The van der Waals surface area contributed by atoms with Gasteiger partial charge in [-0.2, -0.15) is 0 Å². The van der Waals surface area contributed by atoms with Gasteiger partial charge in [0, 0.05) is 18.8 Å². The van der Waals surface area contributed by atoms with E-state index < -0.39 is 0 Å². The van der Waals surface area contributed by atoms with Crippen LogP contribution in [0, 0.1) is 19.7 Å². The van der Waals surface area contributed by atoms with Crippen molar-refractivity contribution in [1.82, 2.24) is 15.2 Å². The van der Waals surface area contributed by atoms with Crippen molar-refractivity contribution in [2.24, 2.45) is 0 Å². The average molecular weight is 329 g/mol. The number of benzene rings is 1. The van der Waals surface area contributed by atoms with Gasteiger partial charge in [-0.25, -0.2) is 4.39 Å². The zero-order valence-corrected chi connectivity index (χ0v) is 14.5. The maximum atomic E-state index is 12.8. The Morgan fingerprint density at radius 3 is 2.58 bits per heavy atom. The fourth-order valence-corrected chi connectivity index (χ4v) is 2.64. The van der Waals surface area contributed by atoms with E-state index in [4.69, 9.17) is 0 Å². The van der Waals surface area contributed by atoms with E-state index in [0.717, 1.165) is 17.0 Å². The van der Waals surface area contributed by atoms with Crippen LogP contribution < -0.4 is 5.32 Å². The van der Waals surface area contributed by atoms with Crippen LogP contribution >= 0.6 is 0 Å². The van der Waals surface area contributed by atoms with Gasteiger partial charge in [0.1, 0.15) is 5.82 Å². The number of aromatic nitrogens is 1. The molecule has 0 aliphatic heterocycles. The van der Waals surface area contributed by atoms with Gasteiger partial charge >= 0.3 is 0 Å². The number of hydrogen-bond acceptors (Lipinski definition) is 3. The SMILES string of the molecule is Cc1cc(C)nc(CN(C)CC(=O)NCCc2ccc(F)cc2)c1. The van der Waals surface area contributed by atoms with E-state index in [1.807, 2.05) is 37.9 Å². The largest absolute Gasteiger partial charge is 0.355 e. The molecule has 0 spiro atoms. The quantitative estimate of drug-likeness (QED) is 0.849. The molecule has 128 valence electrons. The molecular formula is C19H24FN3O. The third-order valence-corrected chi connectivity index (χ3v) is 3.65. The van der Waals surface area contributed by atoms with Crippen LogP contribution in [0.15, 0.2) is 36.4 Å². The van der Waals surface area contributed by atoms with E-state index in [9.17, 15) is 9.18 Å². The summed E-state index contributed by atoms with van der Waals surface area (Å²) in [6, 6.07) is 10.4. The molecule has 1 aromatic heterocycles. The van der Waals surface area contributed by atoms with Crippen LogP contribution in [0.5, 0.6) is 0 Å². The van der Waals surface area contributed by atoms with Crippen LogP contribution in [0.1, 0.15) is 22.5 Å². The Labute approximate surface area is 142 Å². The normalized spacial score (nSPS) is 10.9. The Hall–Kier alpha value is -2.27. The molecule has 0 atom stereocenters. The molecule has 2 aromatic rings. The number of carbonyl (C=O) groups is 1. The summed E-state index contributed by atoms with van der Waals surface area (Å²) in [6.07, 6.45) is 0.689. The molecule has 0 fully saturated rings. The van der Waals surface area contributed by atoms with Crippen molar-refractivity contribution in [3.05, 3.63) is 64.7 Å². The van der Waals surface area contributed by atoms with Gasteiger partial charge in [0.2, 0.25) is 5.91 Å². The van der Waals surface area contributed by atoms with Crippen LogP contribution in [-0.4, -0.2) is 35.9 Å². The summed E-state index contributed by atoms with van der Waals surface area (Å²) in [6.45, 7) is 5.51. The Morgan fingerprint density at radius 2 is 1.92 bits per heavy atom. The minimum atomic E-state index is -0.246. The first-order valence-electron chi connectivity index (χ1n) is 8.06. The summed E-state index contributed by atoms with van der Waals surface area (Å²) >= 11 is 0. The third kappa shape index (κ3) is 6.08. The smallest absolute Gasteiger partial charge is 0.234 e. The van der Waals surface area contributed by atoms with Gasteiger partial charge in [0.15, 0.2) is 0 Å². The molecule has 0 unspecified atom stereocenters. The molecule has 0 radical (unpaired) electrons. The van der Waals surface area contributed by atoms with Crippen molar-refractivity contribution < 1.29 is 9.18 Å². The van der Waals surface area contributed by atoms with E-state index >= 15 is 0 Å². The van der Waals surface area contributed by atoms with Crippen molar-refractivity contribution in [1.29, 1.82) is 0 Å². The van der Waals surface area contributed by atoms with Crippen molar-refractivity contribution in [3.8, 4) is 0 Å². The predicted molar refractivity (Wildman–Crippen MR) is 93.2 cm³/mol. The molecule has 1 heterocycles. The summed E-state index contributed by atoms with van der Waals surface area (Å²) in [5.74, 6) is -0.270. The second kappa shape index (κ2) is 8.55. The van der Waals surface area contributed by atoms with Crippen molar-refractivity contribution in [2.45, 2.75) is 26.8 Å². The van der Waals surface area contributed by atoms with Gasteiger partial charge < -0.3 is 5.32 Å². The molecule has 0 saturated heterocycles. The lowest BCUT2D eigenvalue weighted by atomic mass is 10.1. The van der Waals surface area contributed by atoms with E-state index in [-0.39, 0.29) is 11.7 Å². The highest BCUT2D eigenvalue weighted by Crippen LogP contribution is 2.06. The highest BCUT2D eigenvalue weighted by atomic mass is 19.1. The van der Waals surface area contributed by atoms with Gasteiger partial charge in [0.05, 0.1) is 12.2 Å². The molecule has 1 amide bonds. The van der Waals surface area contributed by atoms with Crippen LogP contribution in [0.25, 0.3) is 0 Å². The second-order valence-corrected chi connectivity index (χ2v) is 6.18. The lowest BCUT2D eigenvalue weighted by Crippen LogP contribution is -2.36. The summed E-state index contributed by atoms with van der Waals surface area (Å²) in [5.41, 5.74) is 4.13. The summed E-state index contributed by atoms with van der Waals surface area (Å²) in [4.78, 5) is 18.4. The first-order chi connectivity index (χ1) is 11.4. The highest BCUT2D eigenvalue weighted by molar-refractivity contribution is 5.77. The van der Waals surface area contributed by atoms with Crippen molar-refractivity contribution >= 4 is 5.91 Å². The molecule has 24 heavy (non-hydrogen) atoms. The Morgan fingerprint density at radius 1 is 1.21 bits per heavy atom. The molecule has 0 aliphatic rings. The molecule has 0 saturated carbocycles. The topological polar surface area (TPSA) is 45.2 Å². The van der Waals surface area contributed by atoms with Gasteiger partial charge in [0.25, 0.3) is 0 Å². The third-order valence-electron chi connectivity index (χ3n) is 3.65. The van der Waals surface area contributed by atoms with E-state index in [1.165, 1.54) is 17.7 Å². The zero-order chi connectivity index (χ0) is 17.5.